The second-order valence-corrected chi connectivity index (χ2v) is 5.75. The van der Waals surface area contributed by atoms with Crippen molar-refractivity contribution in [3.63, 3.8) is 0 Å². The summed E-state index contributed by atoms with van der Waals surface area (Å²) in [5.41, 5.74) is 8.75. The molecule has 0 aliphatic rings. The second kappa shape index (κ2) is 8.89. The Hall–Kier alpha value is -2.59. The van der Waals surface area contributed by atoms with Crippen LogP contribution in [0.5, 0.6) is 5.75 Å². The van der Waals surface area contributed by atoms with Gasteiger partial charge in [-0.25, -0.2) is 0 Å². The lowest BCUT2D eigenvalue weighted by Crippen LogP contribution is -2.24. The molecule has 0 aliphatic heterocycles. The highest BCUT2D eigenvalue weighted by Crippen LogP contribution is 2.21. The Bertz CT molecular complexity index is 698. The molecule has 4 nitrogen and oxygen atoms in total. The molecule has 1 amide bonds. The fraction of sp³-hybridized carbons (Fsp3) is 0.250. The van der Waals surface area contributed by atoms with Crippen LogP contribution in [0.1, 0.15) is 16.7 Å². The van der Waals surface area contributed by atoms with Crippen molar-refractivity contribution in [2.45, 2.75) is 20.0 Å². The van der Waals surface area contributed by atoms with Crippen molar-refractivity contribution in [3.05, 3.63) is 77.9 Å². The first-order chi connectivity index (χ1) is 11.6. The minimum atomic E-state index is -0.479. The van der Waals surface area contributed by atoms with Crippen LogP contribution >= 0.6 is 0 Å². The monoisotopic (exact) mass is 324 g/mol. The largest absolute Gasteiger partial charge is 0.483 e. The lowest BCUT2D eigenvalue weighted by molar-refractivity contribution is -0.119. The Morgan fingerprint density at radius 1 is 1.12 bits per heavy atom. The molecule has 126 valence electrons. The number of primary amides is 1. The number of nitrogens with two attached hydrogens (primary N) is 1. The number of aryl methyl sites for hydroxylation is 1. The topological polar surface area (TPSA) is 55.6 Å². The van der Waals surface area contributed by atoms with Crippen molar-refractivity contribution in [2.75, 3.05) is 13.2 Å². The molecule has 4 heteroatoms. The maximum atomic E-state index is 11.0. The smallest absolute Gasteiger partial charge is 0.255 e. The van der Waals surface area contributed by atoms with Gasteiger partial charge < -0.3 is 10.5 Å². The van der Waals surface area contributed by atoms with E-state index in [0.717, 1.165) is 18.7 Å². The van der Waals surface area contributed by atoms with E-state index in [9.17, 15) is 4.79 Å². The molecule has 0 heterocycles. The van der Waals surface area contributed by atoms with Crippen LogP contribution in [0, 0.1) is 6.92 Å². The van der Waals surface area contributed by atoms with Gasteiger partial charge in [0.25, 0.3) is 5.91 Å². The summed E-state index contributed by atoms with van der Waals surface area (Å²) in [6.45, 7) is 8.14. The fourth-order valence-corrected chi connectivity index (χ4v) is 2.56. The Balaban J connectivity index is 2.14. The number of rotatable bonds is 9. The minimum Gasteiger partial charge on any atom is -0.483 e. The molecule has 2 rings (SSSR count). The zero-order valence-electron chi connectivity index (χ0n) is 14.1. The number of hydrogen-bond acceptors (Lipinski definition) is 3. The Morgan fingerprint density at radius 2 is 1.75 bits per heavy atom. The highest BCUT2D eigenvalue weighted by Gasteiger charge is 2.11. The summed E-state index contributed by atoms with van der Waals surface area (Å²) in [6.07, 6.45) is 1.89. The third kappa shape index (κ3) is 5.25. The highest BCUT2D eigenvalue weighted by atomic mass is 16.5. The number of amides is 1. The average molecular weight is 324 g/mol. The second-order valence-electron chi connectivity index (χ2n) is 5.75. The first kappa shape index (κ1) is 17.8. The van der Waals surface area contributed by atoms with Crippen LogP contribution in [0.15, 0.2) is 61.2 Å². The summed E-state index contributed by atoms with van der Waals surface area (Å²) in [5.74, 6) is 0.211. The molecule has 0 aliphatic carbocycles. The average Bonchev–Trinajstić information content (AvgIpc) is 2.56. The van der Waals surface area contributed by atoms with Crippen molar-refractivity contribution in [3.8, 4) is 5.75 Å². The van der Waals surface area contributed by atoms with E-state index in [-0.39, 0.29) is 6.61 Å². The molecule has 0 unspecified atom stereocenters. The molecule has 0 atom stereocenters. The van der Waals surface area contributed by atoms with Crippen LogP contribution in [-0.4, -0.2) is 24.0 Å². The summed E-state index contributed by atoms with van der Waals surface area (Å²) < 4.78 is 5.52. The number of carbonyl (C=O) groups excluding carboxylic acids is 1. The van der Waals surface area contributed by atoms with Crippen LogP contribution in [0.4, 0.5) is 0 Å². The van der Waals surface area contributed by atoms with Crippen LogP contribution in [0.25, 0.3) is 0 Å². The van der Waals surface area contributed by atoms with Gasteiger partial charge in [-0.05, 0) is 24.1 Å². The standard InChI is InChI=1S/C20H24N2O2/c1-3-12-22(13-17-9-5-4-8-16(17)2)14-18-10-6-7-11-19(18)24-15-20(21)23/h3-11H,1,12-15H2,2H3,(H2,21,23). The van der Waals surface area contributed by atoms with Crippen molar-refractivity contribution in [1.82, 2.24) is 4.90 Å². The van der Waals surface area contributed by atoms with Gasteiger partial charge in [0.05, 0.1) is 0 Å². The molecule has 2 aromatic rings. The van der Waals surface area contributed by atoms with E-state index in [2.05, 4.69) is 36.6 Å². The molecule has 0 saturated heterocycles. The van der Waals surface area contributed by atoms with E-state index in [4.69, 9.17) is 10.5 Å². The van der Waals surface area contributed by atoms with Crippen LogP contribution < -0.4 is 10.5 Å². The molecule has 2 N–H and O–H groups in total. The molecule has 2 aromatic carbocycles. The van der Waals surface area contributed by atoms with Crippen LogP contribution in [-0.2, 0) is 17.9 Å². The molecule has 0 aromatic heterocycles. The van der Waals surface area contributed by atoms with Gasteiger partial charge in [-0.1, -0.05) is 48.5 Å². The molecule has 0 saturated carbocycles. The van der Waals surface area contributed by atoms with Gasteiger partial charge in [-0.15, -0.1) is 6.58 Å². The van der Waals surface area contributed by atoms with Gasteiger partial charge in [0.2, 0.25) is 0 Å². The number of ether oxygens (including phenoxy) is 1. The van der Waals surface area contributed by atoms with Gasteiger partial charge >= 0.3 is 0 Å². The predicted molar refractivity (Wildman–Crippen MR) is 96.6 cm³/mol. The molecule has 0 bridgehead atoms. The lowest BCUT2D eigenvalue weighted by atomic mass is 10.1. The summed E-state index contributed by atoms with van der Waals surface area (Å²) in [4.78, 5) is 13.2. The molecule has 0 spiro atoms. The Morgan fingerprint density at radius 3 is 2.42 bits per heavy atom. The normalized spacial score (nSPS) is 10.6. The summed E-state index contributed by atoms with van der Waals surface area (Å²) in [5, 5.41) is 0. The maximum absolute atomic E-state index is 11.0. The van der Waals surface area contributed by atoms with Crippen molar-refractivity contribution in [2.24, 2.45) is 5.73 Å². The van der Waals surface area contributed by atoms with Crippen molar-refractivity contribution >= 4 is 5.91 Å². The lowest BCUT2D eigenvalue weighted by Gasteiger charge is -2.23. The minimum absolute atomic E-state index is 0.115. The van der Waals surface area contributed by atoms with Gasteiger partial charge in [0, 0.05) is 25.2 Å². The SMILES string of the molecule is C=CCN(Cc1ccccc1C)Cc1ccccc1OCC(N)=O. The van der Waals surface area contributed by atoms with E-state index in [1.54, 1.807) is 0 Å². The number of carbonyl (C=O) groups is 1. The molecular formula is C20H24N2O2. The fourth-order valence-electron chi connectivity index (χ4n) is 2.56. The number of para-hydroxylation sites is 1. The van der Waals surface area contributed by atoms with Gasteiger partial charge in [-0.2, -0.15) is 0 Å². The number of benzene rings is 2. The van der Waals surface area contributed by atoms with Crippen molar-refractivity contribution < 1.29 is 9.53 Å². The molecule has 24 heavy (non-hydrogen) atoms. The predicted octanol–water partition coefficient (Wildman–Crippen LogP) is 3.05. The van der Waals surface area contributed by atoms with E-state index in [0.29, 0.717) is 12.3 Å². The third-order valence-electron chi connectivity index (χ3n) is 3.78. The molecule has 0 fully saturated rings. The maximum Gasteiger partial charge on any atom is 0.255 e. The number of nitrogens with zero attached hydrogens (tertiary/aromatic N) is 1. The van der Waals surface area contributed by atoms with E-state index >= 15 is 0 Å². The third-order valence-corrected chi connectivity index (χ3v) is 3.78. The Labute approximate surface area is 143 Å². The van der Waals surface area contributed by atoms with E-state index < -0.39 is 5.91 Å². The summed E-state index contributed by atoms with van der Waals surface area (Å²) >= 11 is 0. The van der Waals surface area contributed by atoms with E-state index in [1.807, 2.05) is 36.4 Å². The first-order valence-electron chi connectivity index (χ1n) is 7.97. The van der Waals surface area contributed by atoms with Crippen molar-refractivity contribution in [1.29, 1.82) is 0 Å². The summed E-state index contributed by atoms with van der Waals surface area (Å²) in [7, 11) is 0. The highest BCUT2D eigenvalue weighted by molar-refractivity contribution is 5.75. The summed E-state index contributed by atoms with van der Waals surface area (Å²) in [6, 6.07) is 16.1. The molecular weight excluding hydrogens is 300 g/mol. The van der Waals surface area contributed by atoms with Crippen LogP contribution in [0.3, 0.4) is 0 Å². The van der Waals surface area contributed by atoms with Gasteiger partial charge in [0.15, 0.2) is 6.61 Å². The van der Waals surface area contributed by atoms with Crippen LogP contribution in [0.2, 0.25) is 0 Å². The van der Waals surface area contributed by atoms with E-state index in [1.165, 1.54) is 11.1 Å². The number of hydrogen-bond donors (Lipinski definition) is 1. The zero-order chi connectivity index (χ0) is 17.4. The Kier molecular flexibility index (Phi) is 6.58. The zero-order valence-corrected chi connectivity index (χ0v) is 14.1. The van der Waals surface area contributed by atoms with Gasteiger partial charge in [0.1, 0.15) is 5.75 Å². The first-order valence-corrected chi connectivity index (χ1v) is 7.97. The molecule has 0 radical (unpaired) electrons. The quantitative estimate of drug-likeness (QED) is 0.721. The van der Waals surface area contributed by atoms with Gasteiger partial charge in [-0.3, -0.25) is 9.69 Å².